The molecule has 0 spiro atoms. The second-order valence-corrected chi connectivity index (χ2v) is 6.66. The normalized spacial score (nSPS) is 11.1. The van der Waals surface area contributed by atoms with Gasteiger partial charge in [0.1, 0.15) is 11.6 Å². The van der Waals surface area contributed by atoms with Crippen LogP contribution < -0.4 is 0 Å². The fourth-order valence-corrected chi connectivity index (χ4v) is 3.18. The highest BCUT2D eigenvalue weighted by atomic mass is 15.5. The summed E-state index contributed by atoms with van der Waals surface area (Å²) in [6.07, 6.45) is 4.77. The summed E-state index contributed by atoms with van der Waals surface area (Å²) in [5, 5.41) is 18.7. The lowest BCUT2D eigenvalue weighted by Crippen LogP contribution is -2.07. The molecule has 0 aliphatic rings. The Balaban J connectivity index is 1.58. The van der Waals surface area contributed by atoms with Crippen LogP contribution in [0.2, 0.25) is 0 Å². The summed E-state index contributed by atoms with van der Waals surface area (Å²) in [7, 11) is 0. The van der Waals surface area contributed by atoms with Gasteiger partial charge in [-0.25, -0.2) is 14.8 Å². The van der Waals surface area contributed by atoms with Crippen LogP contribution in [0.4, 0.5) is 0 Å². The Bertz CT molecular complexity index is 1030. The molecule has 4 aromatic rings. The lowest BCUT2D eigenvalue weighted by molar-refractivity contribution is 0.547. The van der Waals surface area contributed by atoms with E-state index in [4.69, 9.17) is 0 Å². The van der Waals surface area contributed by atoms with E-state index >= 15 is 0 Å². The van der Waals surface area contributed by atoms with Gasteiger partial charge in [-0.05, 0) is 35.4 Å². The zero-order valence-corrected chi connectivity index (χ0v) is 16.0. The molecule has 0 atom stereocenters. The number of unbranched alkanes of at least 4 members (excludes halogenated alkanes) is 1. The summed E-state index contributed by atoms with van der Waals surface area (Å²) in [4.78, 5) is 9.23. The highest BCUT2D eigenvalue weighted by Crippen LogP contribution is 2.29. The number of aromatic nitrogens is 8. The number of hydrogen-bond donors (Lipinski definition) is 1. The quantitative estimate of drug-likeness (QED) is 0.533. The highest BCUT2D eigenvalue weighted by molar-refractivity contribution is 5.79. The first-order valence-electron chi connectivity index (χ1n) is 9.43. The van der Waals surface area contributed by atoms with E-state index in [1.165, 1.54) is 0 Å². The van der Waals surface area contributed by atoms with Crippen LogP contribution in [0, 0.1) is 6.92 Å². The number of tetrazole rings is 1. The molecule has 142 valence electrons. The van der Waals surface area contributed by atoms with Crippen LogP contribution in [0.25, 0.3) is 22.5 Å². The molecule has 3 heterocycles. The predicted molar refractivity (Wildman–Crippen MR) is 105 cm³/mol. The molecule has 4 rings (SSSR count). The minimum Gasteiger partial charge on any atom is -0.260 e. The summed E-state index contributed by atoms with van der Waals surface area (Å²) in [6, 6.07) is 12.1. The van der Waals surface area contributed by atoms with Gasteiger partial charge < -0.3 is 0 Å². The van der Waals surface area contributed by atoms with Gasteiger partial charge in [-0.2, -0.15) is 5.10 Å². The first kappa shape index (κ1) is 18.0. The van der Waals surface area contributed by atoms with E-state index in [-0.39, 0.29) is 0 Å². The van der Waals surface area contributed by atoms with Crippen molar-refractivity contribution in [1.82, 2.24) is 40.4 Å². The van der Waals surface area contributed by atoms with Crippen LogP contribution in [-0.4, -0.2) is 40.4 Å². The van der Waals surface area contributed by atoms with Crippen molar-refractivity contribution in [2.75, 3.05) is 0 Å². The number of aromatic amines is 1. The molecule has 1 N–H and O–H groups in total. The number of nitrogens with one attached hydrogen (secondary N) is 1. The fourth-order valence-electron chi connectivity index (χ4n) is 3.18. The van der Waals surface area contributed by atoms with Gasteiger partial charge in [-0.1, -0.05) is 43.7 Å². The van der Waals surface area contributed by atoms with Gasteiger partial charge in [-0.15, -0.1) is 5.10 Å². The van der Waals surface area contributed by atoms with Crippen LogP contribution in [0.15, 0.2) is 42.6 Å². The Morgan fingerprint density at radius 2 is 1.93 bits per heavy atom. The molecule has 3 aromatic heterocycles. The second-order valence-electron chi connectivity index (χ2n) is 6.66. The average Bonchev–Trinajstić information content (AvgIpc) is 3.37. The molecule has 0 bridgehead atoms. The minimum absolute atomic E-state index is 0.638. The van der Waals surface area contributed by atoms with Crippen molar-refractivity contribution < 1.29 is 0 Å². The number of rotatable bonds is 7. The zero-order chi connectivity index (χ0) is 19.3. The lowest BCUT2D eigenvalue weighted by Gasteiger charge is -2.08. The molecule has 1 aromatic carbocycles. The molecule has 0 aliphatic heterocycles. The van der Waals surface area contributed by atoms with E-state index in [1.807, 2.05) is 48.1 Å². The minimum atomic E-state index is 0.638. The van der Waals surface area contributed by atoms with Gasteiger partial charge in [0.2, 0.25) is 0 Å². The Morgan fingerprint density at radius 3 is 2.64 bits per heavy atom. The predicted octanol–water partition coefficient (Wildman–Crippen LogP) is 3.22. The van der Waals surface area contributed by atoms with Crippen LogP contribution in [0.1, 0.15) is 37.1 Å². The van der Waals surface area contributed by atoms with Crippen molar-refractivity contribution in [2.45, 2.75) is 39.7 Å². The maximum absolute atomic E-state index is 4.66. The standard InChI is InChI=1S/C20H22N8/c1-3-4-11-28-19(22-14(2)25-28)12-16-10-9-15(13-21-16)17-7-5-6-8-18(17)20-23-26-27-24-20/h5-10,13H,3-4,11-12H2,1-2H3,(H,23,24,26,27). The fraction of sp³-hybridized carbons (Fsp3) is 0.300. The summed E-state index contributed by atoms with van der Waals surface area (Å²) in [5.41, 5.74) is 3.95. The summed E-state index contributed by atoms with van der Waals surface area (Å²) < 4.78 is 2.00. The van der Waals surface area contributed by atoms with Crippen molar-refractivity contribution in [3.05, 3.63) is 59.9 Å². The first-order chi connectivity index (χ1) is 13.7. The van der Waals surface area contributed by atoms with Gasteiger partial charge in [0.25, 0.3) is 0 Å². The number of H-pyrrole nitrogens is 1. The van der Waals surface area contributed by atoms with E-state index < -0.39 is 0 Å². The van der Waals surface area contributed by atoms with Crippen molar-refractivity contribution in [3.63, 3.8) is 0 Å². The van der Waals surface area contributed by atoms with Gasteiger partial charge in [0.05, 0.1) is 0 Å². The van der Waals surface area contributed by atoms with Crippen molar-refractivity contribution in [3.8, 4) is 22.5 Å². The Morgan fingerprint density at radius 1 is 1.07 bits per heavy atom. The number of pyridine rings is 1. The zero-order valence-electron chi connectivity index (χ0n) is 16.0. The first-order valence-corrected chi connectivity index (χ1v) is 9.43. The highest BCUT2D eigenvalue weighted by Gasteiger charge is 2.12. The third-order valence-electron chi connectivity index (χ3n) is 4.58. The maximum atomic E-state index is 4.66. The molecule has 8 nitrogen and oxygen atoms in total. The van der Waals surface area contributed by atoms with Gasteiger partial charge in [0, 0.05) is 36.0 Å². The van der Waals surface area contributed by atoms with Crippen LogP contribution >= 0.6 is 0 Å². The van der Waals surface area contributed by atoms with Crippen LogP contribution in [0.3, 0.4) is 0 Å². The van der Waals surface area contributed by atoms with E-state index in [0.717, 1.165) is 53.4 Å². The second kappa shape index (κ2) is 8.08. The van der Waals surface area contributed by atoms with Crippen LogP contribution in [0.5, 0.6) is 0 Å². The molecule has 0 aliphatic carbocycles. The average molecular weight is 374 g/mol. The van der Waals surface area contributed by atoms with E-state index in [2.05, 4.69) is 48.7 Å². The van der Waals surface area contributed by atoms with Gasteiger partial charge in [-0.3, -0.25) is 4.98 Å². The van der Waals surface area contributed by atoms with Crippen molar-refractivity contribution >= 4 is 0 Å². The van der Waals surface area contributed by atoms with Gasteiger partial charge >= 0.3 is 0 Å². The molecule has 0 radical (unpaired) electrons. The Labute approximate surface area is 163 Å². The smallest absolute Gasteiger partial charge is 0.180 e. The summed E-state index contributed by atoms with van der Waals surface area (Å²) >= 11 is 0. The molecular formula is C20H22N8. The summed E-state index contributed by atoms with van der Waals surface area (Å²) in [5.74, 6) is 2.40. The van der Waals surface area contributed by atoms with E-state index in [0.29, 0.717) is 12.2 Å². The molecule has 0 fully saturated rings. The summed E-state index contributed by atoms with van der Waals surface area (Å²) in [6.45, 7) is 5.00. The maximum Gasteiger partial charge on any atom is 0.180 e. The van der Waals surface area contributed by atoms with Crippen LogP contribution in [-0.2, 0) is 13.0 Å². The molecule has 8 heteroatoms. The lowest BCUT2D eigenvalue weighted by atomic mass is 10.0. The number of hydrogen-bond acceptors (Lipinski definition) is 6. The third kappa shape index (κ3) is 3.80. The van der Waals surface area contributed by atoms with Gasteiger partial charge in [0.15, 0.2) is 5.82 Å². The largest absolute Gasteiger partial charge is 0.260 e. The van der Waals surface area contributed by atoms with Crippen molar-refractivity contribution in [2.24, 2.45) is 0 Å². The Hall–Kier alpha value is -3.42. The molecular weight excluding hydrogens is 352 g/mol. The third-order valence-corrected chi connectivity index (χ3v) is 4.58. The monoisotopic (exact) mass is 374 g/mol. The molecule has 0 saturated heterocycles. The van der Waals surface area contributed by atoms with E-state index in [9.17, 15) is 0 Å². The number of aryl methyl sites for hydroxylation is 2. The number of benzene rings is 1. The molecule has 0 amide bonds. The molecule has 28 heavy (non-hydrogen) atoms. The number of nitrogens with zero attached hydrogens (tertiary/aromatic N) is 7. The Kier molecular flexibility index (Phi) is 5.18. The SMILES string of the molecule is CCCCn1nc(C)nc1Cc1ccc(-c2ccccc2-c2nnn[nH]2)cn1. The topological polar surface area (TPSA) is 98.1 Å². The van der Waals surface area contributed by atoms with Crippen molar-refractivity contribution in [1.29, 1.82) is 0 Å². The molecule has 0 unspecified atom stereocenters. The molecule has 0 saturated carbocycles. The van der Waals surface area contributed by atoms with E-state index in [1.54, 1.807) is 0 Å².